The van der Waals surface area contributed by atoms with Gasteiger partial charge in [-0.25, -0.2) is 0 Å². The van der Waals surface area contributed by atoms with Gasteiger partial charge in [0.25, 0.3) is 0 Å². The zero-order valence-electron chi connectivity index (χ0n) is 12.0. The van der Waals surface area contributed by atoms with Crippen LogP contribution < -0.4 is 5.32 Å². The molecule has 2 aliphatic heterocycles. The summed E-state index contributed by atoms with van der Waals surface area (Å²) in [5.41, 5.74) is 0. The van der Waals surface area contributed by atoms with Gasteiger partial charge in [0.1, 0.15) is 0 Å². The van der Waals surface area contributed by atoms with Crippen LogP contribution in [0.15, 0.2) is 0 Å². The van der Waals surface area contributed by atoms with E-state index in [9.17, 15) is 0 Å². The predicted molar refractivity (Wildman–Crippen MR) is 75.0 cm³/mol. The van der Waals surface area contributed by atoms with Crippen molar-refractivity contribution in [2.45, 2.75) is 38.3 Å². The molecule has 0 saturated carbocycles. The van der Waals surface area contributed by atoms with E-state index in [-0.39, 0.29) is 0 Å². The van der Waals surface area contributed by atoms with E-state index in [4.69, 9.17) is 4.74 Å². The topological polar surface area (TPSA) is 27.7 Å². The molecule has 4 nitrogen and oxygen atoms in total. The van der Waals surface area contributed by atoms with Crippen LogP contribution in [-0.2, 0) is 4.74 Å². The highest BCUT2D eigenvalue weighted by Gasteiger charge is 2.24. The summed E-state index contributed by atoms with van der Waals surface area (Å²) in [6.45, 7) is 10.0. The van der Waals surface area contributed by atoms with E-state index in [2.05, 4.69) is 29.1 Å². The lowest BCUT2D eigenvalue weighted by Crippen LogP contribution is -2.49. The summed E-state index contributed by atoms with van der Waals surface area (Å²) in [4.78, 5) is 5.12. The average molecular weight is 255 g/mol. The van der Waals surface area contributed by atoms with Crippen LogP contribution in [0.3, 0.4) is 0 Å². The lowest BCUT2D eigenvalue weighted by atomic mass is 10.0. The van der Waals surface area contributed by atoms with Crippen molar-refractivity contribution >= 4 is 0 Å². The second-order valence-electron chi connectivity index (χ2n) is 5.71. The van der Waals surface area contributed by atoms with Gasteiger partial charge in [0.05, 0.1) is 12.7 Å². The van der Waals surface area contributed by atoms with Crippen LogP contribution in [0.5, 0.6) is 0 Å². The van der Waals surface area contributed by atoms with Crippen LogP contribution >= 0.6 is 0 Å². The summed E-state index contributed by atoms with van der Waals surface area (Å²) in [5.74, 6) is 0. The van der Waals surface area contributed by atoms with Gasteiger partial charge in [-0.15, -0.1) is 0 Å². The van der Waals surface area contributed by atoms with Crippen LogP contribution in [0.25, 0.3) is 0 Å². The molecule has 0 amide bonds. The van der Waals surface area contributed by atoms with Crippen LogP contribution in [-0.4, -0.2) is 74.9 Å². The van der Waals surface area contributed by atoms with Crippen molar-refractivity contribution in [2.24, 2.45) is 0 Å². The van der Waals surface area contributed by atoms with Gasteiger partial charge in [0, 0.05) is 25.7 Å². The fourth-order valence-electron chi connectivity index (χ4n) is 3.11. The predicted octanol–water partition coefficient (Wildman–Crippen LogP) is 0.781. The summed E-state index contributed by atoms with van der Waals surface area (Å²) in [5, 5.41) is 3.41. The third-order valence-corrected chi connectivity index (χ3v) is 4.22. The molecule has 0 aromatic heterocycles. The molecule has 18 heavy (non-hydrogen) atoms. The fourth-order valence-corrected chi connectivity index (χ4v) is 3.11. The number of hydrogen-bond donors (Lipinski definition) is 1. The molecule has 1 atom stereocenters. The number of ether oxygens (including phenoxy) is 1. The minimum absolute atomic E-state index is 0.387. The maximum atomic E-state index is 5.78. The summed E-state index contributed by atoms with van der Waals surface area (Å²) < 4.78 is 5.78. The average Bonchev–Trinajstić information content (AvgIpc) is 2.41. The molecule has 4 heteroatoms. The van der Waals surface area contributed by atoms with Gasteiger partial charge in [-0.1, -0.05) is 6.92 Å². The van der Waals surface area contributed by atoms with Crippen LogP contribution in [0.1, 0.15) is 26.2 Å². The van der Waals surface area contributed by atoms with Crippen molar-refractivity contribution in [3.63, 3.8) is 0 Å². The number of likely N-dealkylation sites (N-methyl/N-ethyl adjacent to an activating group) is 1. The highest BCUT2D eigenvalue weighted by molar-refractivity contribution is 4.80. The molecule has 2 heterocycles. The minimum atomic E-state index is 0.387. The smallest absolute Gasteiger partial charge is 0.0826 e. The first kappa shape index (κ1) is 14.3. The standard InChI is InChI=1S/C14H29N3O/c1-3-7-17-8-4-13(5-9-17)16(2)12-14-11-15-6-10-18-14/h13-15H,3-12H2,1-2H3. The van der Waals surface area contributed by atoms with Gasteiger partial charge >= 0.3 is 0 Å². The van der Waals surface area contributed by atoms with Gasteiger partial charge in [-0.2, -0.15) is 0 Å². The number of morpholine rings is 1. The Morgan fingerprint density at radius 2 is 2.11 bits per heavy atom. The van der Waals surface area contributed by atoms with E-state index in [0.717, 1.165) is 32.3 Å². The lowest BCUT2D eigenvalue weighted by Gasteiger charge is -2.38. The van der Waals surface area contributed by atoms with Crippen molar-refractivity contribution in [2.75, 3.05) is 52.9 Å². The first-order valence-corrected chi connectivity index (χ1v) is 7.54. The SMILES string of the molecule is CCCN1CCC(N(C)CC2CNCCO2)CC1. The first-order valence-electron chi connectivity index (χ1n) is 7.54. The zero-order valence-corrected chi connectivity index (χ0v) is 12.0. The van der Waals surface area contributed by atoms with Crippen LogP contribution in [0.2, 0.25) is 0 Å². The number of nitrogens with zero attached hydrogens (tertiary/aromatic N) is 2. The Morgan fingerprint density at radius 1 is 1.33 bits per heavy atom. The Kier molecular flexibility index (Phi) is 5.89. The van der Waals surface area contributed by atoms with E-state index in [1.807, 2.05) is 0 Å². The monoisotopic (exact) mass is 255 g/mol. The maximum Gasteiger partial charge on any atom is 0.0826 e. The number of piperidine rings is 1. The molecule has 2 aliphatic rings. The highest BCUT2D eigenvalue weighted by Crippen LogP contribution is 2.16. The normalized spacial score (nSPS) is 27.8. The van der Waals surface area contributed by atoms with E-state index >= 15 is 0 Å². The minimum Gasteiger partial charge on any atom is -0.374 e. The fraction of sp³-hybridized carbons (Fsp3) is 1.00. The number of hydrogen-bond acceptors (Lipinski definition) is 4. The Hall–Kier alpha value is -0.160. The van der Waals surface area contributed by atoms with E-state index in [0.29, 0.717) is 6.10 Å². The van der Waals surface area contributed by atoms with Gasteiger partial charge in [-0.3, -0.25) is 0 Å². The third-order valence-electron chi connectivity index (χ3n) is 4.22. The highest BCUT2D eigenvalue weighted by atomic mass is 16.5. The lowest BCUT2D eigenvalue weighted by molar-refractivity contribution is -0.00326. The first-order chi connectivity index (χ1) is 8.79. The Labute approximate surface area is 112 Å². The molecule has 0 aromatic rings. The second kappa shape index (κ2) is 7.43. The Bertz CT molecular complexity index is 223. The van der Waals surface area contributed by atoms with E-state index in [1.54, 1.807) is 0 Å². The molecule has 2 rings (SSSR count). The maximum absolute atomic E-state index is 5.78. The summed E-state index contributed by atoms with van der Waals surface area (Å²) >= 11 is 0. The molecule has 0 aromatic carbocycles. The summed E-state index contributed by atoms with van der Waals surface area (Å²) in [6, 6.07) is 0.753. The van der Waals surface area contributed by atoms with Gasteiger partial charge in [0.15, 0.2) is 0 Å². The van der Waals surface area contributed by atoms with Crippen LogP contribution in [0, 0.1) is 0 Å². The quantitative estimate of drug-likeness (QED) is 0.786. The molecule has 106 valence electrons. The number of rotatable bonds is 5. The second-order valence-corrected chi connectivity index (χ2v) is 5.71. The molecule has 0 aliphatic carbocycles. The largest absolute Gasteiger partial charge is 0.374 e. The van der Waals surface area contributed by atoms with Crippen molar-refractivity contribution in [1.29, 1.82) is 0 Å². The van der Waals surface area contributed by atoms with Crippen molar-refractivity contribution in [3.8, 4) is 0 Å². The molecular weight excluding hydrogens is 226 g/mol. The molecule has 1 unspecified atom stereocenters. The third kappa shape index (κ3) is 4.19. The summed E-state index contributed by atoms with van der Waals surface area (Å²) in [7, 11) is 2.26. The van der Waals surface area contributed by atoms with Gasteiger partial charge in [0.2, 0.25) is 0 Å². The molecule has 1 N–H and O–H groups in total. The molecule has 0 radical (unpaired) electrons. The zero-order chi connectivity index (χ0) is 12.8. The summed E-state index contributed by atoms with van der Waals surface area (Å²) in [6.07, 6.45) is 4.30. The van der Waals surface area contributed by atoms with E-state index in [1.165, 1.54) is 38.9 Å². The van der Waals surface area contributed by atoms with Gasteiger partial charge < -0.3 is 19.9 Å². The van der Waals surface area contributed by atoms with Crippen molar-refractivity contribution in [3.05, 3.63) is 0 Å². The molecule has 0 bridgehead atoms. The number of likely N-dealkylation sites (tertiary alicyclic amines) is 1. The van der Waals surface area contributed by atoms with E-state index < -0.39 is 0 Å². The Balaban J connectivity index is 1.68. The molecular formula is C14H29N3O. The van der Waals surface area contributed by atoms with Crippen molar-refractivity contribution < 1.29 is 4.74 Å². The van der Waals surface area contributed by atoms with Crippen LogP contribution in [0.4, 0.5) is 0 Å². The Morgan fingerprint density at radius 3 is 2.72 bits per heavy atom. The number of nitrogens with one attached hydrogen (secondary N) is 1. The molecule has 2 saturated heterocycles. The molecule has 2 fully saturated rings. The molecule has 0 spiro atoms. The van der Waals surface area contributed by atoms with Crippen molar-refractivity contribution in [1.82, 2.24) is 15.1 Å². The van der Waals surface area contributed by atoms with Gasteiger partial charge in [-0.05, 0) is 45.9 Å².